The first-order valence-corrected chi connectivity index (χ1v) is 5.06. The molecule has 0 aliphatic heterocycles. The summed E-state index contributed by atoms with van der Waals surface area (Å²) in [5, 5.41) is 15.6. The maximum Gasteiger partial charge on any atom is 0.298 e. The van der Waals surface area contributed by atoms with Crippen LogP contribution in [0.2, 0.25) is 0 Å². The maximum absolute atomic E-state index is 10.9. The van der Waals surface area contributed by atoms with Crippen molar-refractivity contribution in [2.24, 2.45) is 0 Å². The molecule has 0 aliphatic rings. The molecule has 0 radical (unpaired) electrons. The summed E-state index contributed by atoms with van der Waals surface area (Å²) >= 11 is 0. The van der Waals surface area contributed by atoms with E-state index in [4.69, 9.17) is 4.55 Å². The molecule has 0 bridgehead atoms. The number of aromatic hydroxyl groups is 1. The lowest BCUT2D eigenvalue weighted by Gasteiger charge is -2.01. The zero-order chi connectivity index (χ0) is 10.3. The molecule has 0 fully saturated rings. The van der Waals surface area contributed by atoms with Gasteiger partial charge in [0, 0.05) is 5.39 Å². The highest BCUT2D eigenvalue weighted by Crippen LogP contribution is 2.29. The average molecular weight is 214 g/mol. The Morgan fingerprint density at radius 1 is 1.36 bits per heavy atom. The van der Waals surface area contributed by atoms with Crippen molar-refractivity contribution in [2.75, 3.05) is 0 Å². The number of phenolic OH excluding ortho intramolecular Hbond substituents is 1. The van der Waals surface area contributed by atoms with Crippen LogP contribution in [0.4, 0.5) is 0 Å². The van der Waals surface area contributed by atoms with Gasteiger partial charge in [-0.3, -0.25) is 9.65 Å². The summed E-state index contributed by atoms with van der Waals surface area (Å²) in [6.07, 6.45) is 1.22. The van der Waals surface area contributed by atoms with E-state index < -0.39 is 20.8 Å². The zero-order valence-corrected chi connectivity index (χ0v) is 7.61. The summed E-state index contributed by atoms with van der Waals surface area (Å²) in [5.74, 6) is -0.499. The average Bonchev–Trinajstić information content (AvgIpc) is 2.48. The van der Waals surface area contributed by atoms with Gasteiger partial charge in [0.2, 0.25) is 0 Å². The van der Waals surface area contributed by atoms with E-state index in [2.05, 4.69) is 10.2 Å². The topological polar surface area (TPSA) is 103 Å². The molecule has 1 aromatic heterocycles. The van der Waals surface area contributed by atoms with Crippen LogP contribution in [-0.2, 0) is 10.1 Å². The number of nitrogens with one attached hydrogen (secondary N) is 1. The van der Waals surface area contributed by atoms with E-state index in [9.17, 15) is 13.5 Å². The summed E-state index contributed by atoms with van der Waals surface area (Å²) < 4.78 is 30.7. The molecule has 0 spiro atoms. The van der Waals surface area contributed by atoms with Gasteiger partial charge in [-0.2, -0.15) is 13.5 Å². The van der Waals surface area contributed by atoms with E-state index in [0.717, 1.165) is 0 Å². The molecule has 0 aliphatic carbocycles. The van der Waals surface area contributed by atoms with E-state index in [1.54, 1.807) is 0 Å². The fourth-order valence-corrected chi connectivity index (χ4v) is 2.02. The van der Waals surface area contributed by atoms with Crippen molar-refractivity contribution in [3.63, 3.8) is 0 Å². The van der Waals surface area contributed by atoms with E-state index in [0.29, 0.717) is 5.52 Å². The minimum absolute atomic E-state index is 0.160. The fraction of sp³-hybridized carbons (Fsp3) is 0. The Morgan fingerprint density at radius 2 is 2.07 bits per heavy atom. The Hall–Kier alpha value is -1.60. The van der Waals surface area contributed by atoms with Gasteiger partial charge in [0.05, 0.1) is 11.7 Å². The molecule has 0 unspecified atom stereocenters. The highest BCUT2D eigenvalue weighted by Gasteiger charge is 2.19. The van der Waals surface area contributed by atoms with Crippen LogP contribution in [-0.4, -0.2) is 28.3 Å². The standard InChI is InChI=1S/C7H6N2O4S/c10-6-2-1-5-4(3-8-9-5)7(6)14(11,12)13/h1-3,10H,(H,8,9)(H,11,12,13). The highest BCUT2D eigenvalue weighted by atomic mass is 32.2. The lowest BCUT2D eigenvalue weighted by atomic mass is 10.2. The fourth-order valence-electron chi connectivity index (χ4n) is 1.25. The van der Waals surface area contributed by atoms with Crippen LogP contribution in [0.25, 0.3) is 10.9 Å². The van der Waals surface area contributed by atoms with Crippen LogP contribution in [0.15, 0.2) is 23.2 Å². The van der Waals surface area contributed by atoms with Gasteiger partial charge in [-0.05, 0) is 12.1 Å². The van der Waals surface area contributed by atoms with Gasteiger partial charge in [-0.25, -0.2) is 0 Å². The molecule has 2 aromatic rings. The largest absolute Gasteiger partial charge is 0.506 e. The third-order valence-corrected chi connectivity index (χ3v) is 2.76. The van der Waals surface area contributed by atoms with Crippen molar-refractivity contribution in [1.29, 1.82) is 0 Å². The van der Waals surface area contributed by atoms with Gasteiger partial charge in [-0.15, -0.1) is 0 Å². The smallest absolute Gasteiger partial charge is 0.298 e. The normalized spacial score (nSPS) is 12.1. The molecule has 6 nitrogen and oxygen atoms in total. The predicted octanol–water partition coefficient (Wildman–Crippen LogP) is 0.515. The molecule has 1 heterocycles. The lowest BCUT2D eigenvalue weighted by molar-refractivity contribution is 0.445. The lowest BCUT2D eigenvalue weighted by Crippen LogP contribution is -1.98. The minimum atomic E-state index is -4.44. The number of aromatic amines is 1. The monoisotopic (exact) mass is 214 g/mol. The van der Waals surface area contributed by atoms with Crippen molar-refractivity contribution in [2.45, 2.75) is 4.90 Å². The van der Waals surface area contributed by atoms with E-state index in [-0.39, 0.29) is 5.39 Å². The number of hydrogen-bond acceptors (Lipinski definition) is 4. The molecule has 3 N–H and O–H groups in total. The summed E-state index contributed by atoms with van der Waals surface area (Å²) in [7, 11) is -4.44. The van der Waals surface area contributed by atoms with Crippen LogP contribution < -0.4 is 0 Å². The van der Waals surface area contributed by atoms with Crippen molar-refractivity contribution < 1.29 is 18.1 Å². The van der Waals surface area contributed by atoms with E-state index in [1.807, 2.05) is 0 Å². The summed E-state index contributed by atoms with van der Waals surface area (Å²) in [6.45, 7) is 0. The zero-order valence-electron chi connectivity index (χ0n) is 6.80. The molecule has 14 heavy (non-hydrogen) atoms. The van der Waals surface area contributed by atoms with Gasteiger partial charge < -0.3 is 5.11 Å². The molecule has 0 saturated heterocycles. The third-order valence-electron chi connectivity index (χ3n) is 1.81. The Balaban J connectivity index is 2.98. The van der Waals surface area contributed by atoms with Crippen molar-refractivity contribution >= 4 is 21.0 Å². The number of benzene rings is 1. The molecule has 1 aromatic carbocycles. The second-order valence-electron chi connectivity index (χ2n) is 2.72. The number of nitrogens with zero attached hydrogens (tertiary/aromatic N) is 1. The molecule has 0 amide bonds. The van der Waals surface area contributed by atoms with Crippen LogP contribution >= 0.6 is 0 Å². The molecular weight excluding hydrogens is 208 g/mol. The first-order chi connectivity index (χ1) is 6.50. The number of aromatic nitrogens is 2. The summed E-state index contributed by atoms with van der Waals surface area (Å²) in [6, 6.07) is 2.63. The van der Waals surface area contributed by atoms with Crippen LogP contribution in [0.5, 0.6) is 5.75 Å². The van der Waals surface area contributed by atoms with Crippen molar-refractivity contribution in [3.8, 4) is 5.75 Å². The van der Waals surface area contributed by atoms with Gasteiger partial charge >= 0.3 is 0 Å². The minimum Gasteiger partial charge on any atom is -0.506 e. The number of H-pyrrole nitrogens is 1. The Kier molecular flexibility index (Phi) is 1.73. The van der Waals surface area contributed by atoms with Crippen LogP contribution in [0.3, 0.4) is 0 Å². The molecule has 7 heteroatoms. The highest BCUT2D eigenvalue weighted by molar-refractivity contribution is 7.86. The Bertz CT molecular complexity index is 587. The van der Waals surface area contributed by atoms with Crippen molar-refractivity contribution in [3.05, 3.63) is 18.3 Å². The second-order valence-corrected chi connectivity index (χ2v) is 4.08. The van der Waals surface area contributed by atoms with Crippen molar-refractivity contribution in [1.82, 2.24) is 10.2 Å². The first-order valence-electron chi connectivity index (χ1n) is 3.62. The van der Waals surface area contributed by atoms with Gasteiger partial charge in [0.1, 0.15) is 10.6 Å². The van der Waals surface area contributed by atoms with Crippen LogP contribution in [0, 0.1) is 0 Å². The summed E-state index contributed by atoms with van der Waals surface area (Å²) in [4.78, 5) is -0.524. The maximum atomic E-state index is 10.9. The van der Waals surface area contributed by atoms with E-state index >= 15 is 0 Å². The third kappa shape index (κ3) is 1.22. The molecule has 74 valence electrons. The van der Waals surface area contributed by atoms with Gasteiger partial charge in [0.25, 0.3) is 10.1 Å². The van der Waals surface area contributed by atoms with E-state index in [1.165, 1.54) is 18.3 Å². The summed E-state index contributed by atoms with van der Waals surface area (Å²) in [5.41, 5.74) is 0.426. The number of rotatable bonds is 1. The molecule has 0 atom stereocenters. The van der Waals surface area contributed by atoms with Gasteiger partial charge in [0.15, 0.2) is 0 Å². The predicted molar refractivity (Wildman–Crippen MR) is 47.6 cm³/mol. The Labute approximate surface area is 78.9 Å². The number of fused-ring (bicyclic) bond motifs is 1. The number of hydrogen-bond donors (Lipinski definition) is 3. The molecule has 2 rings (SSSR count). The molecule has 0 saturated carbocycles. The SMILES string of the molecule is O=S(=O)(O)c1c(O)ccc2[nH]ncc12. The van der Waals surface area contributed by atoms with Crippen LogP contribution in [0.1, 0.15) is 0 Å². The van der Waals surface area contributed by atoms with Gasteiger partial charge in [-0.1, -0.05) is 0 Å². The number of phenols is 1. The first kappa shape index (κ1) is 8.97. The Morgan fingerprint density at radius 3 is 2.71 bits per heavy atom. The molecular formula is C7H6N2O4S. The quantitative estimate of drug-likeness (QED) is 0.600. The second kappa shape index (κ2) is 2.69.